The standard InChI is InChI=1S/C22H23N5O2Si/c1-30(2,3)12-11-28-15-27-10-8-19-18(7-9-24-21(19)27)20-25-22(29-26-20)17-6-4-5-16(13-17)14-23/h4-10,13H,11-12,15H2,1-3H3. The lowest BCUT2D eigenvalue weighted by atomic mass is 10.1. The predicted octanol–water partition coefficient (Wildman–Crippen LogP) is 4.94. The third-order valence-corrected chi connectivity index (χ3v) is 6.50. The zero-order chi connectivity index (χ0) is 21.1. The number of nitrogens with zero attached hydrogens (tertiary/aromatic N) is 5. The van der Waals surface area contributed by atoms with Crippen LogP contribution in [-0.4, -0.2) is 34.4 Å². The van der Waals surface area contributed by atoms with E-state index in [0.29, 0.717) is 29.6 Å². The first-order valence-electron chi connectivity index (χ1n) is 9.81. The van der Waals surface area contributed by atoms with E-state index in [-0.39, 0.29) is 0 Å². The Morgan fingerprint density at radius 3 is 2.87 bits per heavy atom. The average Bonchev–Trinajstić information content (AvgIpc) is 3.38. The van der Waals surface area contributed by atoms with Crippen LogP contribution >= 0.6 is 0 Å². The largest absolute Gasteiger partial charge is 0.361 e. The van der Waals surface area contributed by atoms with Crippen molar-refractivity contribution in [2.45, 2.75) is 32.4 Å². The normalized spacial score (nSPS) is 11.7. The molecule has 30 heavy (non-hydrogen) atoms. The van der Waals surface area contributed by atoms with Gasteiger partial charge in [0.15, 0.2) is 0 Å². The molecule has 3 aromatic heterocycles. The van der Waals surface area contributed by atoms with E-state index in [0.717, 1.165) is 29.2 Å². The Bertz CT molecular complexity index is 1220. The number of ether oxygens (including phenoxy) is 1. The molecule has 0 atom stereocenters. The minimum Gasteiger partial charge on any atom is -0.361 e. The van der Waals surface area contributed by atoms with E-state index < -0.39 is 8.07 Å². The summed E-state index contributed by atoms with van der Waals surface area (Å²) in [4.78, 5) is 9.05. The van der Waals surface area contributed by atoms with E-state index in [9.17, 15) is 0 Å². The number of pyridine rings is 1. The molecule has 1 aromatic carbocycles. The molecule has 0 aliphatic rings. The second-order valence-electron chi connectivity index (χ2n) is 8.35. The van der Waals surface area contributed by atoms with Gasteiger partial charge in [0.1, 0.15) is 12.4 Å². The van der Waals surface area contributed by atoms with Gasteiger partial charge in [0.05, 0.1) is 11.6 Å². The van der Waals surface area contributed by atoms with Gasteiger partial charge in [-0.05, 0) is 36.4 Å². The van der Waals surface area contributed by atoms with Crippen molar-refractivity contribution in [3.05, 3.63) is 54.4 Å². The Balaban J connectivity index is 1.58. The molecule has 7 nitrogen and oxygen atoms in total. The third kappa shape index (κ3) is 4.32. The quantitative estimate of drug-likeness (QED) is 0.313. The molecule has 8 heteroatoms. The molecule has 0 unspecified atom stereocenters. The summed E-state index contributed by atoms with van der Waals surface area (Å²) >= 11 is 0. The average molecular weight is 418 g/mol. The number of aromatic nitrogens is 4. The molecule has 0 radical (unpaired) electrons. The number of fused-ring (bicyclic) bond motifs is 1. The second-order valence-corrected chi connectivity index (χ2v) is 14.0. The summed E-state index contributed by atoms with van der Waals surface area (Å²) in [6.07, 6.45) is 3.70. The first kappa shape index (κ1) is 20.0. The fourth-order valence-electron chi connectivity index (χ4n) is 3.10. The van der Waals surface area contributed by atoms with Crippen molar-refractivity contribution in [3.63, 3.8) is 0 Å². The maximum absolute atomic E-state index is 9.10. The number of hydrogen-bond acceptors (Lipinski definition) is 6. The van der Waals surface area contributed by atoms with Gasteiger partial charge in [-0.1, -0.05) is 30.9 Å². The number of nitriles is 1. The van der Waals surface area contributed by atoms with Crippen molar-refractivity contribution < 1.29 is 9.26 Å². The molecule has 152 valence electrons. The van der Waals surface area contributed by atoms with Gasteiger partial charge in [-0.15, -0.1) is 0 Å². The predicted molar refractivity (Wildman–Crippen MR) is 117 cm³/mol. The lowest BCUT2D eigenvalue weighted by Gasteiger charge is -2.15. The van der Waals surface area contributed by atoms with Crippen molar-refractivity contribution >= 4 is 19.1 Å². The van der Waals surface area contributed by atoms with Gasteiger partial charge in [-0.2, -0.15) is 10.2 Å². The molecule has 0 fully saturated rings. The Morgan fingerprint density at radius 1 is 1.20 bits per heavy atom. The van der Waals surface area contributed by atoms with Crippen molar-refractivity contribution in [1.82, 2.24) is 19.7 Å². The monoisotopic (exact) mass is 417 g/mol. The van der Waals surface area contributed by atoms with Crippen molar-refractivity contribution in [2.75, 3.05) is 6.61 Å². The molecule has 0 aliphatic heterocycles. The Morgan fingerprint density at radius 2 is 2.07 bits per heavy atom. The number of hydrogen-bond donors (Lipinski definition) is 0. The van der Waals surface area contributed by atoms with Crippen LogP contribution in [0.4, 0.5) is 0 Å². The summed E-state index contributed by atoms with van der Waals surface area (Å²) in [5, 5.41) is 14.2. The first-order valence-corrected chi connectivity index (χ1v) is 13.5. The zero-order valence-electron chi connectivity index (χ0n) is 17.3. The summed E-state index contributed by atoms with van der Waals surface area (Å²) < 4.78 is 13.3. The van der Waals surface area contributed by atoms with Gasteiger partial charge in [0, 0.05) is 43.6 Å². The highest BCUT2D eigenvalue weighted by atomic mass is 28.3. The van der Waals surface area contributed by atoms with Crippen LogP contribution in [0.1, 0.15) is 5.56 Å². The highest BCUT2D eigenvalue weighted by molar-refractivity contribution is 6.76. The number of rotatable bonds is 7. The lowest BCUT2D eigenvalue weighted by Crippen LogP contribution is -2.22. The molecule has 0 bridgehead atoms. The van der Waals surface area contributed by atoms with Gasteiger partial charge in [0.25, 0.3) is 5.89 Å². The Kier molecular flexibility index (Phi) is 5.48. The zero-order valence-corrected chi connectivity index (χ0v) is 18.3. The van der Waals surface area contributed by atoms with Crippen LogP contribution in [0.5, 0.6) is 0 Å². The second kappa shape index (κ2) is 8.22. The molecule has 0 saturated heterocycles. The SMILES string of the molecule is C[Si](C)(C)CCOCn1ccc2c(-c3noc(-c4cccc(C#N)c4)n3)ccnc21. The molecule has 3 heterocycles. The van der Waals surface area contributed by atoms with E-state index >= 15 is 0 Å². The van der Waals surface area contributed by atoms with Crippen molar-refractivity contribution in [1.29, 1.82) is 5.26 Å². The third-order valence-electron chi connectivity index (χ3n) is 4.79. The van der Waals surface area contributed by atoms with E-state index in [2.05, 4.69) is 40.8 Å². The molecule has 0 saturated carbocycles. The molecular weight excluding hydrogens is 394 g/mol. The van der Waals surface area contributed by atoms with Crippen molar-refractivity contribution in [3.8, 4) is 28.9 Å². The molecule has 4 rings (SSSR count). The van der Waals surface area contributed by atoms with Crippen LogP contribution in [0.3, 0.4) is 0 Å². The molecule has 4 aromatic rings. The molecular formula is C22H23N5O2Si. The Labute approximate surface area is 175 Å². The first-order chi connectivity index (χ1) is 14.4. The number of benzene rings is 1. The molecule has 0 spiro atoms. The smallest absolute Gasteiger partial charge is 0.258 e. The van der Waals surface area contributed by atoms with Crippen LogP contribution in [0.15, 0.2) is 53.3 Å². The van der Waals surface area contributed by atoms with Crippen LogP contribution in [0.2, 0.25) is 25.7 Å². The van der Waals surface area contributed by atoms with E-state index in [1.165, 1.54) is 0 Å². The van der Waals surface area contributed by atoms with Gasteiger partial charge in [-0.3, -0.25) is 0 Å². The van der Waals surface area contributed by atoms with Gasteiger partial charge in [0.2, 0.25) is 5.82 Å². The Hall–Kier alpha value is -3.28. The summed E-state index contributed by atoms with van der Waals surface area (Å²) in [6, 6.07) is 14.2. The van der Waals surface area contributed by atoms with Gasteiger partial charge in [-0.25, -0.2) is 4.98 Å². The maximum atomic E-state index is 9.10. The summed E-state index contributed by atoms with van der Waals surface area (Å²) in [5.41, 5.74) is 2.92. The van der Waals surface area contributed by atoms with Crippen LogP contribution in [0.25, 0.3) is 33.9 Å². The summed E-state index contributed by atoms with van der Waals surface area (Å²) in [5.74, 6) is 0.860. The van der Waals surface area contributed by atoms with E-state index in [1.807, 2.05) is 29.0 Å². The molecule has 0 amide bonds. The van der Waals surface area contributed by atoms with E-state index in [1.54, 1.807) is 24.4 Å². The van der Waals surface area contributed by atoms with Crippen LogP contribution in [0, 0.1) is 11.3 Å². The topological polar surface area (TPSA) is 89.8 Å². The van der Waals surface area contributed by atoms with Gasteiger partial charge >= 0.3 is 0 Å². The summed E-state index contributed by atoms with van der Waals surface area (Å²) in [6.45, 7) is 8.23. The van der Waals surface area contributed by atoms with Crippen LogP contribution in [-0.2, 0) is 11.5 Å². The van der Waals surface area contributed by atoms with Crippen molar-refractivity contribution in [2.24, 2.45) is 0 Å². The highest BCUT2D eigenvalue weighted by Crippen LogP contribution is 2.28. The fourth-order valence-corrected chi connectivity index (χ4v) is 3.86. The minimum absolute atomic E-state index is 0.376. The minimum atomic E-state index is -1.11. The van der Waals surface area contributed by atoms with E-state index in [4.69, 9.17) is 14.5 Å². The van der Waals surface area contributed by atoms with Gasteiger partial charge < -0.3 is 13.8 Å². The molecule has 0 aliphatic carbocycles. The highest BCUT2D eigenvalue weighted by Gasteiger charge is 2.16. The van der Waals surface area contributed by atoms with Crippen LogP contribution < -0.4 is 0 Å². The summed E-state index contributed by atoms with van der Waals surface area (Å²) in [7, 11) is -1.11. The lowest BCUT2D eigenvalue weighted by molar-refractivity contribution is 0.0899. The maximum Gasteiger partial charge on any atom is 0.258 e. The molecule has 0 N–H and O–H groups in total. The fraction of sp³-hybridized carbons (Fsp3) is 0.273.